The average molecular weight is 276 g/mol. The fourth-order valence-corrected chi connectivity index (χ4v) is 2.13. The Bertz CT molecular complexity index is 600. The zero-order chi connectivity index (χ0) is 13.8. The number of hydrogen-bond acceptors (Lipinski definition) is 6. The zero-order valence-electron chi connectivity index (χ0n) is 10.5. The van der Waals surface area contributed by atoms with Crippen LogP contribution in [0.15, 0.2) is 29.4 Å². The molecular formula is C12H12N4O2S. The van der Waals surface area contributed by atoms with Gasteiger partial charge in [0.05, 0.1) is 16.8 Å². The number of aromatic nitrogens is 1. The number of rotatable bonds is 4. The van der Waals surface area contributed by atoms with E-state index >= 15 is 0 Å². The van der Waals surface area contributed by atoms with Gasteiger partial charge in [-0.15, -0.1) is 11.3 Å². The molecule has 0 atom stereocenters. The molecule has 0 amide bonds. The first-order valence-electron chi connectivity index (χ1n) is 5.54. The third kappa shape index (κ3) is 3.35. The summed E-state index contributed by atoms with van der Waals surface area (Å²) in [6.45, 7) is 3.94. The molecule has 1 N–H and O–H groups in total. The molecular weight excluding hydrogens is 264 g/mol. The summed E-state index contributed by atoms with van der Waals surface area (Å²) in [5.74, 6) is 0. The number of hydrazone groups is 1. The van der Waals surface area contributed by atoms with Crippen LogP contribution in [0.1, 0.15) is 16.1 Å². The number of aryl methyl sites for hydroxylation is 2. The maximum absolute atomic E-state index is 10.5. The van der Waals surface area contributed by atoms with Gasteiger partial charge in [0.2, 0.25) is 5.13 Å². The number of nitrogens with one attached hydrogen (secondary N) is 1. The van der Waals surface area contributed by atoms with Crippen molar-refractivity contribution in [3.05, 3.63) is 50.5 Å². The van der Waals surface area contributed by atoms with Crippen LogP contribution < -0.4 is 5.43 Å². The molecule has 0 fully saturated rings. The molecule has 1 aromatic carbocycles. The standard InChI is InChI=1S/C12H12N4O2S/c1-8-9(2)19-12(14-8)15-13-7-10-3-5-11(6-4-10)16(17)18/h3-7H,1-2H3,(H,14,15). The maximum Gasteiger partial charge on any atom is 0.269 e. The minimum Gasteiger partial charge on any atom is -0.258 e. The van der Waals surface area contributed by atoms with Crippen molar-refractivity contribution in [1.29, 1.82) is 0 Å². The van der Waals surface area contributed by atoms with Crippen molar-refractivity contribution in [2.24, 2.45) is 5.10 Å². The van der Waals surface area contributed by atoms with E-state index in [1.54, 1.807) is 18.3 Å². The van der Waals surface area contributed by atoms with Crippen molar-refractivity contribution >= 4 is 28.4 Å². The quantitative estimate of drug-likeness (QED) is 0.528. The van der Waals surface area contributed by atoms with E-state index in [4.69, 9.17) is 0 Å². The molecule has 0 radical (unpaired) electrons. The van der Waals surface area contributed by atoms with E-state index in [9.17, 15) is 10.1 Å². The largest absolute Gasteiger partial charge is 0.269 e. The highest BCUT2D eigenvalue weighted by atomic mass is 32.1. The first-order valence-corrected chi connectivity index (χ1v) is 6.35. The first kappa shape index (κ1) is 13.2. The minimum absolute atomic E-state index is 0.0660. The molecule has 6 nitrogen and oxygen atoms in total. The number of thiazole rings is 1. The molecule has 0 aliphatic carbocycles. The normalized spacial score (nSPS) is 10.8. The van der Waals surface area contributed by atoms with Gasteiger partial charge in [-0.25, -0.2) is 4.98 Å². The number of benzene rings is 1. The second-order valence-electron chi connectivity index (χ2n) is 3.88. The fraction of sp³-hybridized carbons (Fsp3) is 0.167. The summed E-state index contributed by atoms with van der Waals surface area (Å²) in [7, 11) is 0. The van der Waals surface area contributed by atoms with Gasteiger partial charge in [-0.3, -0.25) is 15.5 Å². The molecule has 19 heavy (non-hydrogen) atoms. The van der Waals surface area contributed by atoms with E-state index in [1.807, 2.05) is 13.8 Å². The molecule has 2 rings (SSSR count). The van der Waals surface area contributed by atoms with Crippen LogP contribution in [0.4, 0.5) is 10.8 Å². The van der Waals surface area contributed by atoms with Crippen LogP contribution in [0.5, 0.6) is 0 Å². The molecule has 0 spiro atoms. The van der Waals surface area contributed by atoms with Crippen LogP contribution in [-0.4, -0.2) is 16.1 Å². The van der Waals surface area contributed by atoms with Crippen LogP contribution in [0.3, 0.4) is 0 Å². The van der Waals surface area contributed by atoms with Crippen LogP contribution >= 0.6 is 11.3 Å². The molecule has 0 saturated carbocycles. The first-order chi connectivity index (χ1) is 9.06. The van der Waals surface area contributed by atoms with Crippen LogP contribution in [0.25, 0.3) is 0 Å². The highest BCUT2D eigenvalue weighted by molar-refractivity contribution is 7.15. The van der Waals surface area contributed by atoms with Crippen molar-refractivity contribution in [2.45, 2.75) is 13.8 Å². The van der Waals surface area contributed by atoms with Crippen LogP contribution in [0, 0.1) is 24.0 Å². The number of anilines is 1. The molecule has 1 heterocycles. The van der Waals surface area contributed by atoms with Gasteiger partial charge in [0.1, 0.15) is 0 Å². The van der Waals surface area contributed by atoms with E-state index < -0.39 is 4.92 Å². The van der Waals surface area contributed by atoms with Gasteiger partial charge in [-0.1, -0.05) is 0 Å². The Morgan fingerprint density at radius 2 is 2.05 bits per heavy atom. The number of nitrogens with zero attached hydrogens (tertiary/aromatic N) is 3. The molecule has 2 aromatic rings. The Morgan fingerprint density at radius 1 is 1.37 bits per heavy atom. The van der Waals surface area contributed by atoms with Gasteiger partial charge < -0.3 is 0 Å². The Labute approximate surface area is 114 Å². The Balaban J connectivity index is 2.00. The lowest BCUT2D eigenvalue weighted by molar-refractivity contribution is -0.384. The molecule has 0 unspecified atom stereocenters. The molecule has 0 aliphatic rings. The fourth-order valence-electron chi connectivity index (χ4n) is 1.36. The minimum atomic E-state index is -0.430. The van der Waals surface area contributed by atoms with Crippen LogP contribution in [0.2, 0.25) is 0 Å². The zero-order valence-corrected chi connectivity index (χ0v) is 11.3. The van der Waals surface area contributed by atoms with E-state index in [2.05, 4.69) is 15.5 Å². The Hall–Kier alpha value is -2.28. The van der Waals surface area contributed by atoms with Gasteiger partial charge in [-0.2, -0.15) is 5.10 Å². The van der Waals surface area contributed by atoms with Gasteiger partial charge in [0, 0.05) is 17.0 Å². The predicted molar refractivity (Wildman–Crippen MR) is 75.9 cm³/mol. The summed E-state index contributed by atoms with van der Waals surface area (Å²) in [4.78, 5) is 15.5. The Morgan fingerprint density at radius 3 is 2.58 bits per heavy atom. The molecule has 98 valence electrons. The molecule has 0 aliphatic heterocycles. The summed E-state index contributed by atoms with van der Waals surface area (Å²) in [5.41, 5.74) is 4.67. The van der Waals surface area contributed by atoms with E-state index in [1.165, 1.54) is 23.5 Å². The maximum atomic E-state index is 10.5. The van der Waals surface area contributed by atoms with Crippen molar-refractivity contribution in [1.82, 2.24) is 4.98 Å². The molecule has 7 heteroatoms. The molecule has 0 saturated heterocycles. The van der Waals surface area contributed by atoms with Crippen molar-refractivity contribution in [3.8, 4) is 0 Å². The lowest BCUT2D eigenvalue weighted by Gasteiger charge is -1.94. The SMILES string of the molecule is Cc1nc(NN=Cc2ccc([N+](=O)[O-])cc2)sc1C. The highest BCUT2D eigenvalue weighted by Gasteiger charge is 2.03. The van der Waals surface area contributed by atoms with Crippen molar-refractivity contribution in [2.75, 3.05) is 5.43 Å². The van der Waals surface area contributed by atoms with Gasteiger partial charge in [0.15, 0.2) is 0 Å². The summed E-state index contributed by atoms with van der Waals surface area (Å²) >= 11 is 1.53. The summed E-state index contributed by atoms with van der Waals surface area (Å²) in [5, 5.41) is 15.3. The predicted octanol–water partition coefficient (Wildman–Crippen LogP) is 3.11. The number of nitro benzene ring substituents is 1. The lowest BCUT2D eigenvalue weighted by Crippen LogP contribution is -1.91. The molecule has 0 bridgehead atoms. The van der Waals surface area contributed by atoms with Crippen LogP contribution in [-0.2, 0) is 0 Å². The van der Waals surface area contributed by atoms with Gasteiger partial charge in [-0.05, 0) is 31.5 Å². The number of non-ortho nitro benzene ring substituents is 1. The third-order valence-electron chi connectivity index (χ3n) is 2.51. The second-order valence-corrected chi connectivity index (χ2v) is 5.08. The Kier molecular flexibility index (Phi) is 3.86. The highest BCUT2D eigenvalue weighted by Crippen LogP contribution is 2.20. The van der Waals surface area contributed by atoms with E-state index in [0.29, 0.717) is 0 Å². The van der Waals surface area contributed by atoms with Crippen molar-refractivity contribution in [3.63, 3.8) is 0 Å². The summed E-state index contributed by atoms with van der Waals surface area (Å²) in [6.07, 6.45) is 1.59. The monoisotopic (exact) mass is 276 g/mol. The summed E-state index contributed by atoms with van der Waals surface area (Å²) < 4.78 is 0. The third-order valence-corrected chi connectivity index (χ3v) is 3.48. The average Bonchev–Trinajstić information content (AvgIpc) is 2.69. The topological polar surface area (TPSA) is 80.4 Å². The number of nitro groups is 1. The van der Waals surface area contributed by atoms with E-state index in [-0.39, 0.29) is 5.69 Å². The smallest absolute Gasteiger partial charge is 0.258 e. The van der Waals surface area contributed by atoms with Crippen molar-refractivity contribution < 1.29 is 4.92 Å². The number of hydrogen-bond donors (Lipinski definition) is 1. The van der Waals surface area contributed by atoms with Gasteiger partial charge >= 0.3 is 0 Å². The lowest BCUT2D eigenvalue weighted by atomic mass is 10.2. The second kappa shape index (κ2) is 5.57. The van der Waals surface area contributed by atoms with Gasteiger partial charge in [0.25, 0.3) is 5.69 Å². The summed E-state index contributed by atoms with van der Waals surface area (Å²) in [6, 6.07) is 6.17. The van der Waals surface area contributed by atoms with E-state index in [0.717, 1.165) is 21.3 Å². The molecule has 1 aromatic heterocycles.